The van der Waals surface area contributed by atoms with Gasteiger partial charge in [0.1, 0.15) is 12.6 Å². The fourth-order valence-corrected chi connectivity index (χ4v) is 2.39. The number of aromatic nitrogens is 2. The van der Waals surface area contributed by atoms with E-state index in [9.17, 15) is 9.18 Å². The molecule has 0 aliphatic rings. The van der Waals surface area contributed by atoms with Gasteiger partial charge in [0.05, 0.1) is 0 Å². The highest BCUT2D eigenvalue weighted by atomic mass is 32.2. The Bertz CT molecular complexity index is 615. The Morgan fingerprint density at radius 2 is 2.30 bits per heavy atom. The minimum atomic E-state index is -0.585. The smallest absolute Gasteiger partial charge is 0.249 e. The van der Waals surface area contributed by atoms with Gasteiger partial charge in [-0.25, -0.2) is 4.39 Å². The Kier molecular flexibility index (Phi) is 4.62. The van der Waals surface area contributed by atoms with Crippen LogP contribution in [0.5, 0.6) is 5.88 Å². The SMILES string of the molecule is Cn1ccc(OCc2c(SCF)cccc2C(N)=O)n1. The highest BCUT2D eigenvalue weighted by Crippen LogP contribution is 2.26. The fraction of sp³-hybridized carbons (Fsp3) is 0.231. The first-order valence-corrected chi connectivity index (χ1v) is 6.83. The number of halogens is 1. The normalized spacial score (nSPS) is 10.5. The molecule has 1 heterocycles. The molecule has 1 aromatic carbocycles. The summed E-state index contributed by atoms with van der Waals surface area (Å²) in [6.07, 6.45) is 1.74. The number of aryl methyl sites for hydroxylation is 1. The largest absolute Gasteiger partial charge is 0.472 e. The predicted octanol–water partition coefficient (Wildman–Crippen LogP) is 2.12. The number of hydrogen-bond acceptors (Lipinski definition) is 4. The zero-order valence-corrected chi connectivity index (χ0v) is 11.7. The van der Waals surface area contributed by atoms with Gasteiger partial charge < -0.3 is 10.5 Å². The van der Waals surface area contributed by atoms with Crippen molar-refractivity contribution in [1.82, 2.24) is 9.78 Å². The molecule has 0 bridgehead atoms. The van der Waals surface area contributed by atoms with E-state index in [0.29, 0.717) is 21.9 Å². The summed E-state index contributed by atoms with van der Waals surface area (Å²) in [7, 11) is 1.77. The van der Waals surface area contributed by atoms with Crippen LogP contribution in [0.25, 0.3) is 0 Å². The maximum absolute atomic E-state index is 12.5. The van der Waals surface area contributed by atoms with Crippen LogP contribution in [0, 0.1) is 0 Å². The average molecular weight is 295 g/mol. The molecule has 0 unspecified atom stereocenters. The second-order valence-electron chi connectivity index (χ2n) is 4.02. The van der Waals surface area contributed by atoms with E-state index in [0.717, 1.165) is 11.8 Å². The van der Waals surface area contributed by atoms with E-state index in [2.05, 4.69) is 5.10 Å². The number of nitrogens with zero attached hydrogens (tertiary/aromatic N) is 2. The molecule has 0 saturated carbocycles. The maximum Gasteiger partial charge on any atom is 0.249 e. The third kappa shape index (κ3) is 3.30. The molecule has 1 aromatic heterocycles. The van der Waals surface area contributed by atoms with Gasteiger partial charge in [-0.05, 0) is 12.1 Å². The van der Waals surface area contributed by atoms with Crippen LogP contribution in [0.1, 0.15) is 15.9 Å². The summed E-state index contributed by atoms with van der Waals surface area (Å²) in [6, 6.07) is 6.12. The molecule has 2 aromatic rings. The molecule has 2 N–H and O–H groups in total. The van der Waals surface area contributed by atoms with Crippen molar-refractivity contribution in [3.8, 4) is 5.88 Å². The molecule has 7 heteroatoms. The van der Waals surface area contributed by atoms with E-state index < -0.39 is 11.9 Å². The summed E-state index contributed by atoms with van der Waals surface area (Å²) >= 11 is 0.994. The molecule has 0 aliphatic heterocycles. The second-order valence-corrected chi connectivity index (χ2v) is 4.96. The van der Waals surface area contributed by atoms with E-state index in [4.69, 9.17) is 10.5 Å². The van der Waals surface area contributed by atoms with E-state index in [1.807, 2.05) is 0 Å². The quantitative estimate of drug-likeness (QED) is 0.829. The number of benzene rings is 1. The van der Waals surface area contributed by atoms with Crippen LogP contribution in [-0.4, -0.2) is 21.7 Å². The van der Waals surface area contributed by atoms with Crippen molar-refractivity contribution >= 4 is 17.7 Å². The lowest BCUT2D eigenvalue weighted by atomic mass is 10.1. The van der Waals surface area contributed by atoms with Crippen LogP contribution in [0.15, 0.2) is 35.4 Å². The molecule has 0 atom stereocenters. The standard InChI is InChI=1S/C13H14FN3O2S/c1-17-6-5-12(16-17)19-7-10-9(13(15)18)3-2-4-11(10)20-8-14/h2-6H,7-8H2,1H3,(H2,15,18). The van der Waals surface area contributed by atoms with Gasteiger partial charge in [-0.1, -0.05) is 17.8 Å². The highest BCUT2D eigenvalue weighted by Gasteiger charge is 2.14. The maximum atomic E-state index is 12.5. The van der Waals surface area contributed by atoms with Crippen molar-refractivity contribution in [1.29, 1.82) is 0 Å². The first-order chi connectivity index (χ1) is 9.61. The number of thioether (sulfide) groups is 1. The predicted molar refractivity (Wildman–Crippen MR) is 74.3 cm³/mol. The molecular weight excluding hydrogens is 281 g/mol. The van der Waals surface area contributed by atoms with Crippen LogP contribution in [0.4, 0.5) is 4.39 Å². The Labute approximate surface area is 119 Å². The zero-order valence-electron chi connectivity index (χ0n) is 10.9. The minimum Gasteiger partial charge on any atom is -0.472 e. The van der Waals surface area contributed by atoms with Crippen molar-refractivity contribution in [3.05, 3.63) is 41.6 Å². The van der Waals surface area contributed by atoms with Gasteiger partial charge >= 0.3 is 0 Å². The van der Waals surface area contributed by atoms with Gasteiger partial charge in [-0.15, -0.1) is 5.10 Å². The van der Waals surface area contributed by atoms with Crippen molar-refractivity contribution in [3.63, 3.8) is 0 Å². The topological polar surface area (TPSA) is 70.1 Å². The summed E-state index contributed by atoms with van der Waals surface area (Å²) in [5.74, 6) is -0.131. The van der Waals surface area contributed by atoms with Crippen molar-refractivity contribution in [2.45, 2.75) is 11.5 Å². The molecule has 2 rings (SSSR count). The Morgan fingerprint density at radius 1 is 1.50 bits per heavy atom. The number of ether oxygens (including phenoxy) is 1. The first kappa shape index (κ1) is 14.4. The number of carbonyl (C=O) groups is 1. The van der Waals surface area contributed by atoms with Crippen LogP contribution in [0.2, 0.25) is 0 Å². The summed E-state index contributed by atoms with van der Waals surface area (Å²) in [4.78, 5) is 12.1. The molecule has 0 aliphatic carbocycles. The van der Waals surface area contributed by atoms with Gasteiger partial charge in [0.15, 0.2) is 0 Å². The summed E-state index contributed by atoms with van der Waals surface area (Å²) in [5, 5.41) is 4.07. The molecule has 0 saturated heterocycles. The molecule has 0 fully saturated rings. The average Bonchev–Trinajstić information content (AvgIpc) is 2.83. The minimum absolute atomic E-state index is 0.110. The van der Waals surface area contributed by atoms with E-state index >= 15 is 0 Å². The Morgan fingerprint density at radius 3 is 2.90 bits per heavy atom. The van der Waals surface area contributed by atoms with Crippen LogP contribution < -0.4 is 10.5 Å². The summed E-state index contributed by atoms with van der Waals surface area (Å²) in [5.41, 5.74) is 6.25. The third-order valence-corrected chi connectivity index (χ3v) is 3.46. The molecule has 5 nitrogen and oxygen atoms in total. The number of carbonyl (C=O) groups excluding carboxylic acids is 1. The molecule has 1 amide bonds. The monoisotopic (exact) mass is 295 g/mol. The van der Waals surface area contributed by atoms with E-state index in [1.54, 1.807) is 42.2 Å². The van der Waals surface area contributed by atoms with E-state index in [1.165, 1.54) is 0 Å². The molecule has 106 valence electrons. The summed E-state index contributed by atoms with van der Waals surface area (Å²) in [6.45, 7) is 0.110. The zero-order chi connectivity index (χ0) is 14.5. The first-order valence-electron chi connectivity index (χ1n) is 5.84. The van der Waals surface area contributed by atoms with Gasteiger partial charge in [0, 0.05) is 35.3 Å². The summed E-state index contributed by atoms with van der Waals surface area (Å²) < 4.78 is 19.7. The number of hydrogen-bond donors (Lipinski definition) is 1. The number of amides is 1. The number of primary amides is 1. The molecule has 20 heavy (non-hydrogen) atoms. The van der Waals surface area contributed by atoms with Gasteiger partial charge in [0.25, 0.3) is 0 Å². The fourth-order valence-electron chi connectivity index (χ4n) is 1.76. The lowest BCUT2D eigenvalue weighted by Crippen LogP contribution is -2.15. The Balaban J connectivity index is 2.25. The third-order valence-electron chi connectivity index (χ3n) is 2.66. The van der Waals surface area contributed by atoms with Crippen LogP contribution >= 0.6 is 11.8 Å². The lowest BCUT2D eigenvalue weighted by molar-refractivity contribution is 0.0997. The van der Waals surface area contributed by atoms with Crippen molar-refractivity contribution in [2.24, 2.45) is 12.8 Å². The van der Waals surface area contributed by atoms with Gasteiger partial charge in [-0.2, -0.15) is 0 Å². The number of nitrogens with two attached hydrogens (primary N) is 1. The van der Waals surface area contributed by atoms with Crippen molar-refractivity contribution in [2.75, 3.05) is 6.01 Å². The van der Waals surface area contributed by atoms with Gasteiger partial charge in [0.2, 0.25) is 11.8 Å². The molecule has 0 radical (unpaired) electrons. The van der Waals surface area contributed by atoms with Gasteiger partial charge in [-0.3, -0.25) is 9.48 Å². The number of alkyl halides is 1. The van der Waals surface area contributed by atoms with E-state index in [-0.39, 0.29) is 6.61 Å². The van der Waals surface area contributed by atoms with Crippen molar-refractivity contribution < 1.29 is 13.9 Å². The second kappa shape index (κ2) is 6.42. The lowest BCUT2D eigenvalue weighted by Gasteiger charge is -2.11. The molecular formula is C13H14FN3O2S. The highest BCUT2D eigenvalue weighted by molar-refractivity contribution is 7.99. The van der Waals surface area contributed by atoms with Crippen LogP contribution in [-0.2, 0) is 13.7 Å². The number of rotatable bonds is 6. The Hall–Kier alpha value is -2.02. The molecule has 0 spiro atoms. The van der Waals surface area contributed by atoms with Crippen LogP contribution in [0.3, 0.4) is 0 Å².